The summed E-state index contributed by atoms with van der Waals surface area (Å²) < 4.78 is 5.43. The van der Waals surface area contributed by atoms with Crippen molar-refractivity contribution in [1.82, 2.24) is 20.4 Å². The van der Waals surface area contributed by atoms with Crippen LogP contribution in [-0.2, 0) is 4.74 Å². The lowest BCUT2D eigenvalue weighted by atomic mass is 10.1. The second-order valence-corrected chi connectivity index (χ2v) is 5.41. The first kappa shape index (κ1) is 12.9. The molecule has 1 aromatic rings. The van der Waals surface area contributed by atoms with Gasteiger partial charge in [-0.3, -0.25) is 10.00 Å². The molecule has 1 amide bonds. The molecule has 100 valence electrons. The second-order valence-electron chi connectivity index (χ2n) is 5.41. The Labute approximate surface area is 107 Å². The van der Waals surface area contributed by atoms with Crippen molar-refractivity contribution >= 4 is 6.09 Å². The van der Waals surface area contributed by atoms with Gasteiger partial charge in [0.2, 0.25) is 0 Å². The number of rotatable bonds is 1. The summed E-state index contributed by atoms with van der Waals surface area (Å²) in [6.45, 7) is 7.75. The predicted molar refractivity (Wildman–Crippen MR) is 67.1 cm³/mol. The van der Waals surface area contributed by atoms with Gasteiger partial charge in [0.1, 0.15) is 5.60 Å². The molecule has 6 nitrogen and oxygen atoms in total. The Morgan fingerprint density at radius 1 is 1.56 bits per heavy atom. The van der Waals surface area contributed by atoms with Crippen molar-refractivity contribution in [3.63, 3.8) is 0 Å². The number of H-pyrrole nitrogens is 1. The molecular weight excluding hydrogens is 232 g/mol. The average Bonchev–Trinajstić information content (AvgIpc) is 2.80. The minimum Gasteiger partial charge on any atom is -0.444 e. The molecule has 0 spiro atoms. The van der Waals surface area contributed by atoms with Crippen LogP contribution in [-0.4, -0.2) is 46.4 Å². The molecule has 6 heteroatoms. The number of carbonyl (C=O) groups is 1. The van der Waals surface area contributed by atoms with Crippen molar-refractivity contribution in [2.75, 3.05) is 19.6 Å². The fourth-order valence-electron chi connectivity index (χ4n) is 1.97. The Hall–Kier alpha value is -1.56. The van der Waals surface area contributed by atoms with E-state index in [-0.39, 0.29) is 12.1 Å². The number of nitrogens with one attached hydrogen (secondary N) is 2. The van der Waals surface area contributed by atoms with Crippen molar-refractivity contribution < 1.29 is 9.53 Å². The van der Waals surface area contributed by atoms with Gasteiger partial charge in [0.25, 0.3) is 0 Å². The van der Waals surface area contributed by atoms with E-state index in [1.165, 1.54) is 0 Å². The molecule has 0 aliphatic carbocycles. The van der Waals surface area contributed by atoms with E-state index in [1.54, 1.807) is 11.1 Å². The molecule has 0 bridgehead atoms. The van der Waals surface area contributed by atoms with Crippen LogP contribution in [0.5, 0.6) is 0 Å². The molecule has 2 heterocycles. The van der Waals surface area contributed by atoms with Gasteiger partial charge in [-0.15, -0.1) is 0 Å². The van der Waals surface area contributed by atoms with Crippen molar-refractivity contribution in [3.8, 4) is 0 Å². The molecule has 2 N–H and O–H groups in total. The van der Waals surface area contributed by atoms with Crippen LogP contribution in [0.4, 0.5) is 4.79 Å². The number of aromatic nitrogens is 2. The quantitative estimate of drug-likeness (QED) is 0.790. The molecule has 1 saturated heterocycles. The topological polar surface area (TPSA) is 70.2 Å². The third-order valence-electron chi connectivity index (χ3n) is 2.75. The van der Waals surface area contributed by atoms with Crippen molar-refractivity contribution in [2.45, 2.75) is 32.4 Å². The Bertz CT molecular complexity index is 397. The summed E-state index contributed by atoms with van der Waals surface area (Å²) in [7, 11) is 0. The maximum atomic E-state index is 12.2. The highest BCUT2D eigenvalue weighted by molar-refractivity contribution is 5.69. The van der Waals surface area contributed by atoms with Gasteiger partial charge in [0.05, 0.1) is 11.7 Å². The first-order valence-corrected chi connectivity index (χ1v) is 6.17. The molecule has 1 aromatic heterocycles. The molecule has 0 aromatic carbocycles. The fourth-order valence-corrected chi connectivity index (χ4v) is 1.97. The summed E-state index contributed by atoms with van der Waals surface area (Å²) in [5.74, 6) is 0. The summed E-state index contributed by atoms with van der Waals surface area (Å²) in [6, 6.07) is 1.84. The van der Waals surface area contributed by atoms with E-state index in [0.29, 0.717) is 13.1 Å². The first-order chi connectivity index (χ1) is 8.47. The van der Waals surface area contributed by atoms with Gasteiger partial charge in [-0.05, 0) is 26.8 Å². The smallest absolute Gasteiger partial charge is 0.410 e. The Morgan fingerprint density at radius 3 is 2.94 bits per heavy atom. The van der Waals surface area contributed by atoms with E-state index >= 15 is 0 Å². The number of nitrogens with zero attached hydrogens (tertiary/aromatic N) is 2. The standard InChI is InChI=1S/C12H20N4O2/c1-12(2,3)18-11(17)16-7-6-13-8-10(16)9-4-5-14-15-9/h4-5,10,13H,6-8H2,1-3H3,(H,14,15). The van der Waals surface area contributed by atoms with Crippen LogP contribution in [0, 0.1) is 0 Å². The SMILES string of the molecule is CC(C)(C)OC(=O)N1CCNCC1c1ccn[nH]1. The minimum atomic E-state index is -0.472. The lowest BCUT2D eigenvalue weighted by molar-refractivity contribution is 0.0113. The van der Waals surface area contributed by atoms with Crippen LogP contribution in [0.2, 0.25) is 0 Å². The summed E-state index contributed by atoms with van der Waals surface area (Å²) in [5.41, 5.74) is 0.452. The van der Waals surface area contributed by atoms with E-state index in [4.69, 9.17) is 4.74 Å². The summed E-state index contributed by atoms with van der Waals surface area (Å²) in [4.78, 5) is 13.9. The number of carbonyl (C=O) groups excluding carboxylic acids is 1. The zero-order valence-electron chi connectivity index (χ0n) is 11.1. The van der Waals surface area contributed by atoms with Gasteiger partial charge < -0.3 is 10.1 Å². The molecule has 1 aliphatic heterocycles. The number of hydrogen-bond acceptors (Lipinski definition) is 4. The molecule has 2 rings (SSSR count). The van der Waals surface area contributed by atoms with Crippen LogP contribution in [0.25, 0.3) is 0 Å². The summed E-state index contributed by atoms with van der Waals surface area (Å²) in [6.07, 6.45) is 1.42. The van der Waals surface area contributed by atoms with Gasteiger partial charge in [-0.25, -0.2) is 4.79 Å². The third-order valence-corrected chi connectivity index (χ3v) is 2.75. The maximum Gasteiger partial charge on any atom is 0.410 e. The van der Waals surface area contributed by atoms with E-state index in [2.05, 4.69) is 15.5 Å². The third kappa shape index (κ3) is 3.01. The normalized spacial score (nSPS) is 20.8. The molecule has 1 atom stereocenters. The molecule has 0 radical (unpaired) electrons. The highest BCUT2D eigenvalue weighted by Gasteiger charge is 2.31. The number of hydrogen-bond donors (Lipinski definition) is 2. The lowest BCUT2D eigenvalue weighted by Gasteiger charge is -2.36. The van der Waals surface area contributed by atoms with Crippen LogP contribution in [0.3, 0.4) is 0 Å². The summed E-state index contributed by atoms with van der Waals surface area (Å²) in [5, 5.41) is 10.1. The van der Waals surface area contributed by atoms with E-state index in [1.807, 2.05) is 26.8 Å². The van der Waals surface area contributed by atoms with E-state index < -0.39 is 5.60 Å². The number of piperazine rings is 1. The minimum absolute atomic E-state index is 0.0453. The molecule has 1 fully saturated rings. The van der Waals surface area contributed by atoms with Crippen LogP contribution >= 0.6 is 0 Å². The average molecular weight is 252 g/mol. The van der Waals surface area contributed by atoms with Gasteiger partial charge >= 0.3 is 6.09 Å². The molecule has 0 saturated carbocycles. The van der Waals surface area contributed by atoms with Crippen molar-refractivity contribution in [1.29, 1.82) is 0 Å². The number of ether oxygens (including phenoxy) is 1. The Morgan fingerprint density at radius 2 is 2.33 bits per heavy atom. The van der Waals surface area contributed by atoms with Crippen molar-refractivity contribution in [3.05, 3.63) is 18.0 Å². The number of aromatic amines is 1. The second kappa shape index (κ2) is 4.97. The van der Waals surface area contributed by atoms with Gasteiger partial charge in [0.15, 0.2) is 0 Å². The van der Waals surface area contributed by atoms with Crippen LogP contribution in [0.1, 0.15) is 32.5 Å². The van der Waals surface area contributed by atoms with Crippen LogP contribution in [0.15, 0.2) is 12.3 Å². The van der Waals surface area contributed by atoms with E-state index in [9.17, 15) is 4.79 Å². The largest absolute Gasteiger partial charge is 0.444 e. The molecular formula is C12H20N4O2. The molecule has 1 aliphatic rings. The van der Waals surface area contributed by atoms with Gasteiger partial charge in [-0.1, -0.05) is 0 Å². The number of amides is 1. The van der Waals surface area contributed by atoms with Crippen molar-refractivity contribution in [2.24, 2.45) is 0 Å². The zero-order valence-corrected chi connectivity index (χ0v) is 11.1. The predicted octanol–water partition coefficient (Wildman–Crippen LogP) is 1.29. The fraction of sp³-hybridized carbons (Fsp3) is 0.667. The first-order valence-electron chi connectivity index (χ1n) is 6.17. The molecule has 18 heavy (non-hydrogen) atoms. The highest BCUT2D eigenvalue weighted by atomic mass is 16.6. The molecule has 1 unspecified atom stereocenters. The van der Waals surface area contributed by atoms with E-state index in [0.717, 1.165) is 12.2 Å². The Balaban J connectivity index is 2.11. The Kier molecular flexibility index (Phi) is 3.56. The highest BCUT2D eigenvalue weighted by Crippen LogP contribution is 2.22. The zero-order chi connectivity index (χ0) is 13.2. The monoisotopic (exact) mass is 252 g/mol. The lowest BCUT2D eigenvalue weighted by Crippen LogP contribution is -2.50. The van der Waals surface area contributed by atoms with Crippen LogP contribution < -0.4 is 5.32 Å². The van der Waals surface area contributed by atoms with Gasteiger partial charge in [0, 0.05) is 25.8 Å². The maximum absolute atomic E-state index is 12.2. The van der Waals surface area contributed by atoms with Gasteiger partial charge in [-0.2, -0.15) is 5.10 Å². The summed E-state index contributed by atoms with van der Waals surface area (Å²) >= 11 is 0.